The molecule has 0 aliphatic carbocycles. The number of aromatic amines is 2. The van der Waals surface area contributed by atoms with Gasteiger partial charge in [-0.1, -0.05) is 88.4 Å². The minimum atomic E-state index is -0.163. The third-order valence-electron chi connectivity index (χ3n) is 4.66. The van der Waals surface area contributed by atoms with Gasteiger partial charge in [-0.2, -0.15) is 5.10 Å². The van der Waals surface area contributed by atoms with Crippen LogP contribution in [0.25, 0.3) is 33.8 Å². The molecule has 4 N–H and O–H groups in total. The quantitative estimate of drug-likeness (QED) is 0.212. The van der Waals surface area contributed by atoms with Gasteiger partial charge in [0, 0.05) is 17.8 Å². The molecule has 0 bridgehead atoms. The van der Waals surface area contributed by atoms with Gasteiger partial charge in [0.1, 0.15) is 5.69 Å². The fourth-order valence-corrected chi connectivity index (χ4v) is 3.14. The van der Waals surface area contributed by atoms with Crippen LogP contribution in [0.15, 0.2) is 91.0 Å². The van der Waals surface area contributed by atoms with Gasteiger partial charge in [-0.05, 0) is 37.3 Å². The highest BCUT2D eigenvalue weighted by molar-refractivity contribution is 5.89. The van der Waals surface area contributed by atoms with Crippen LogP contribution in [0.2, 0.25) is 0 Å². The predicted octanol–water partition coefficient (Wildman–Crippen LogP) is 7.50. The van der Waals surface area contributed by atoms with E-state index in [2.05, 4.69) is 30.8 Å². The average Bonchev–Trinajstić information content (AvgIpc) is 3.60. The van der Waals surface area contributed by atoms with E-state index in [0.29, 0.717) is 6.54 Å². The summed E-state index contributed by atoms with van der Waals surface area (Å²) in [6.07, 6.45) is 0. The Kier molecular flexibility index (Phi) is 12.0. The summed E-state index contributed by atoms with van der Waals surface area (Å²) >= 11 is 0. The Morgan fingerprint density at radius 1 is 0.833 bits per heavy atom. The molecule has 188 valence electrons. The zero-order chi connectivity index (χ0) is 26.2. The number of carbonyl (C=O) groups excluding carboxylic acids is 1. The number of hydrogen-bond acceptors (Lipinski definition) is 3. The molecular formula is C29H36N6O. The van der Waals surface area contributed by atoms with Crippen molar-refractivity contribution in [3.8, 4) is 22.8 Å². The Balaban J connectivity index is 0.000000246. The predicted molar refractivity (Wildman–Crippen MR) is 151 cm³/mol. The molecule has 36 heavy (non-hydrogen) atoms. The van der Waals surface area contributed by atoms with Crippen molar-refractivity contribution in [3.05, 3.63) is 91.0 Å². The Morgan fingerprint density at radius 2 is 1.44 bits per heavy atom. The van der Waals surface area contributed by atoms with Crippen molar-refractivity contribution in [2.45, 2.75) is 34.6 Å². The minimum absolute atomic E-state index is 0.163. The maximum atomic E-state index is 11.0. The molecule has 0 spiro atoms. The number of aromatic nitrogens is 4. The molecule has 0 saturated carbocycles. The molecule has 0 radical (unpaired) electrons. The molecule has 5 aromatic rings. The van der Waals surface area contributed by atoms with E-state index in [4.69, 9.17) is 0 Å². The third-order valence-corrected chi connectivity index (χ3v) is 4.66. The van der Waals surface area contributed by atoms with E-state index in [9.17, 15) is 4.79 Å². The lowest BCUT2D eigenvalue weighted by molar-refractivity contribution is 0.252. The van der Waals surface area contributed by atoms with E-state index < -0.39 is 0 Å². The maximum absolute atomic E-state index is 11.0. The second kappa shape index (κ2) is 15.5. The Labute approximate surface area is 213 Å². The lowest BCUT2D eigenvalue weighted by atomic mass is 10.1. The number of hydrogen-bond donors (Lipinski definition) is 4. The number of amides is 2. The second-order valence-corrected chi connectivity index (χ2v) is 6.99. The first-order valence-corrected chi connectivity index (χ1v) is 12.4. The van der Waals surface area contributed by atoms with Gasteiger partial charge in [0.15, 0.2) is 5.82 Å². The summed E-state index contributed by atoms with van der Waals surface area (Å²) in [7, 11) is 0. The van der Waals surface area contributed by atoms with E-state index >= 15 is 0 Å². The molecule has 7 heteroatoms. The maximum Gasteiger partial charge on any atom is 0.319 e. The van der Waals surface area contributed by atoms with Crippen molar-refractivity contribution < 1.29 is 4.79 Å². The van der Waals surface area contributed by atoms with Gasteiger partial charge < -0.3 is 15.6 Å². The molecule has 0 aliphatic heterocycles. The summed E-state index contributed by atoms with van der Waals surface area (Å²) in [5, 5.41) is 12.7. The number of benzene rings is 3. The molecular weight excluding hydrogens is 448 g/mol. The van der Waals surface area contributed by atoms with Crippen molar-refractivity contribution in [3.63, 3.8) is 0 Å². The van der Waals surface area contributed by atoms with Gasteiger partial charge in [-0.25, -0.2) is 9.78 Å². The van der Waals surface area contributed by atoms with Gasteiger partial charge >= 0.3 is 6.03 Å². The van der Waals surface area contributed by atoms with Gasteiger partial charge in [-0.15, -0.1) is 0 Å². The van der Waals surface area contributed by atoms with E-state index in [-0.39, 0.29) is 6.03 Å². The molecule has 2 amide bonds. The zero-order valence-corrected chi connectivity index (χ0v) is 21.7. The summed E-state index contributed by atoms with van der Waals surface area (Å²) in [5.74, 6) is 0.806. The van der Waals surface area contributed by atoms with Crippen LogP contribution in [0.5, 0.6) is 0 Å². The molecule has 5 rings (SSSR count). The van der Waals surface area contributed by atoms with Gasteiger partial charge in [-0.3, -0.25) is 5.10 Å². The van der Waals surface area contributed by atoms with Crippen LogP contribution in [0.1, 0.15) is 34.6 Å². The lowest BCUT2D eigenvalue weighted by Crippen LogP contribution is -2.28. The molecule has 2 aromatic heterocycles. The number of nitrogens with one attached hydrogen (secondary N) is 4. The van der Waals surface area contributed by atoms with Crippen molar-refractivity contribution >= 4 is 22.8 Å². The summed E-state index contributed by atoms with van der Waals surface area (Å²) in [6.45, 7) is 10.5. The highest BCUT2D eigenvalue weighted by Crippen LogP contribution is 2.23. The molecule has 0 atom stereocenters. The lowest BCUT2D eigenvalue weighted by Gasteiger charge is -2.04. The van der Waals surface area contributed by atoms with E-state index in [1.165, 1.54) is 0 Å². The molecule has 0 unspecified atom stereocenters. The number of fused-ring (bicyclic) bond motifs is 1. The van der Waals surface area contributed by atoms with Crippen molar-refractivity contribution in [2.24, 2.45) is 0 Å². The van der Waals surface area contributed by atoms with Crippen LogP contribution in [0.3, 0.4) is 0 Å². The summed E-state index contributed by atoms with van der Waals surface area (Å²) in [5.41, 5.74) is 5.69. The van der Waals surface area contributed by atoms with Crippen LogP contribution in [0, 0.1) is 0 Å². The van der Waals surface area contributed by atoms with Crippen LogP contribution in [-0.4, -0.2) is 32.7 Å². The summed E-state index contributed by atoms with van der Waals surface area (Å²) in [6, 6.07) is 29.3. The molecule has 0 fully saturated rings. The number of H-pyrrole nitrogens is 2. The first kappa shape index (κ1) is 27.9. The van der Waals surface area contributed by atoms with Gasteiger partial charge in [0.05, 0.1) is 16.7 Å². The number of urea groups is 1. The largest absolute Gasteiger partial charge is 0.338 e. The molecule has 0 saturated heterocycles. The highest BCUT2D eigenvalue weighted by atomic mass is 16.2. The number of carbonyl (C=O) groups is 1. The standard InChI is InChI=1S/C16H12N4.C9H12N2O.2C2H6/c1-2-6-11(7-3-1)14-10-15(20-19-14)16-17-12-8-4-5-9-13(12)18-16;1-2-10-9(12)11-8-6-4-3-5-7-8;2*1-2/h1-10H,(H,17,18)(H,19,20);3-7H,2H2,1H3,(H2,10,11,12);2*1-2H3. The smallest absolute Gasteiger partial charge is 0.319 e. The van der Waals surface area contributed by atoms with Crippen LogP contribution in [-0.2, 0) is 0 Å². The van der Waals surface area contributed by atoms with Gasteiger partial charge in [0.2, 0.25) is 0 Å². The van der Waals surface area contributed by atoms with Crippen molar-refractivity contribution in [2.75, 3.05) is 11.9 Å². The first-order valence-electron chi connectivity index (χ1n) is 12.4. The van der Waals surface area contributed by atoms with Gasteiger partial charge in [0.25, 0.3) is 0 Å². The Hall–Kier alpha value is -4.39. The van der Waals surface area contributed by atoms with Crippen LogP contribution >= 0.6 is 0 Å². The first-order chi connectivity index (χ1) is 17.7. The number of imidazole rings is 1. The minimum Gasteiger partial charge on any atom is -0.338 e. The summed E-state index contributed by atoms with van der Waals surface area (Å²) < 4.78 is 0. The molecule has 7 nitrogen and oxygen atoms in total. The van der Waals surface area contributed by atoms with Crippen LogP contribution < -0.4 is 10.6 Å². The summed E-state index contributed by atoms with van der Waals surface area (Å²) in [4.78, 5) is 18.8. The second-order valence-electron chi connectivity index (χ2n) is 6.99. The van der Waals surface area contributed by atoms with E-state index in [0.717, 1.165) is 39.5 Å². The van der Waals surface area contributed by atoms with Crippen LogP contribution in [0.4, 0.5) is 10.5 Å². The SMILES string of the molecule is CC.CC.CCNC(=O)Nc1ccccc1.c1ccc(-c2cc(-c3nc4ccccc4[nH]3)[nH]n2)cc1. The Bertz CT molecular complexity index is 1250. The fourth-order valence-electron chi connectivity index (χ4n) is 3.14. The number of nitrogens with zero attached hydrogens (tertiary/aromatic N) is 2. The third kappa shape index (κ3) is 8.13. The topological polar surface area (TPSA) is 98.5 Å². The number of rotatable bonds is 4. The highest BCUT2D eigenvalue weighted by Gasteiger charge is 2.09. The number of para-hydroxylation sites is 3. The zero-order valence-electron chi connectivity index (χ0n) is 21.7. The fraction of sp³-hybridized carbons (Fsp3) is 0.207. The molecule has 0 aliphatic rings. The van der Waals surface area contributed by atoms with Crippen molar-refractivity contribution in [1.29, 1.82) is 0 Å². The number of anilines is 1. The normalized spacial score (nSPS) is 9.47. The Morgan fingerprint density at radius 3 is 2.08 bits per heavy atom. The van der Waals surface area contributed by atoms with Crippen molar-refractivity contribution in [1.82, 2.24) is 25.5 Å². The van der Waals surface area contributed by atoms with E-state index in [1.54, 1.807) is 0 Å². The molecule has 3 aromatic carbocycles. The average molecular weight is 485 g/mol. The monoisotopic (exact) mass is 484 g/mol. The van der Waals surface area contributed by atoms with E-state index in [1.807, 2.05) is 126 Å². The molecule has 2 heterocycles.